The first-order chi connectivity index (χ1) is 20.4. The predicted molar refractivity (Wildman–Crippen MR) is 153 cm³/mol. The molecule has 0 N–H and O–H groups in total. The van der Waals surface area contributed by atoms with Crippen LogP contribution >= 0.6 is 0 Å². The van der Waals surface area contributed by atoms with Gasteiger partial charge in [-0.2, -0.15) is 0 Å². The number of nitrogens with zero attached hydrogens (tertiary/aromatic N) is 1. The van der Waals surface area contributed by atoms with Crippen molar-refractivity contribution in [3.8, 4) is 22.4 Å². The highest BCUT2D eigenvalue weighted by Crippen LogP contribution is 2.45. The van der Waals surface area contributed by atoms with Crippen molar-refractivity contribution < 1.29 is 20.2 Å². The summed E-state index contributed by atoms with van der Waals surface area (Å²) < 4.78 is 70.5. The molecule has 0 saturated heterocycles. The highest BCUT2D eigenvalue weighted by atomic mass is 19.1. The number of fused-ring (bicyclic) bond motifs is 4. The Labute approximate surface area is 231 Å². The van der Waals surface area contributed by atoms with Gasteiger partial charge in [0.15, 0.2) is 6.20 Å². The topological polar surface area (TPSA) is 17.0 Å². The fourth-order valence-corrected chi connectivity index (χ4v) is 6.43. The maximum atomic E-state index is 16.1. The van der Waals surface area contributed by atoms with Crippen LogP contribution in [0.25, 0.3) is 44.3 Å². The second-order valence-corrected chi connectivity index (χ2v) is 10.7. The summed E-state index contributed by atoms with van der Waals surface area (Å²) in [5.74, 6) is -1.55. The molecule has 192 valence electrons. The highest BCUT2D eigenvalue weighted by molar-refractivity contribution is 6.13. The summed E-state index contributed by atoms with van der Waals surface area (Å²) >= 11 is 0. The van der Waals surface area contributed by atoms with E-state index in [1.165, 1.54) is 6.07 Å². The molecule has 5 aromatic rings. The monoisotopic (exact) mass is 509 g/mol. The number of rotatable bonds is 3. The van der Waals surface area contributed by atoms with Gasteiger partial charge in [0.1, 0.15) is 24.0 Å². The van der Waals surface area contributed by atoms with E-state index in [1.54, 1.807) is 18.2 Å². The Morgan fingerprint density at radius 3 is 2.37 bits per heavy atom. The van der Waals surface area contributed by atoms with Crippen LogP contribution in [0.5, 0.6) is 0 Å². The minimum absolute atomic E-state index is 0.00752. The normalized spacial score (nSPS) is 21.7. The van der Waals surface area contributed by atoms with Crippen molar-refractivity contribution in [2.75, 3.05) is 0 Å². The van der Waals surface area contributed by atoms with Crippen LogP contribution < -0.4 is 4.57 Å². The van der Waals surface area contributed by atoms with Gasteiger partial charge >= 0.3 is 0 Å². The summed E-state index contributed by atoms with van der Waals surface area (Å²) in [4.78, 5) is 0. The summed E-state index contributed by atoms with van der Waals surface area (Å²) in [5, 5.41) is 1.55. The fourth-order valence-electron chi connectivity index (χ4n) is 6.43. The Balaban J connectivity index is 1.57. The zero-order valence-electron chi connectivity index (χ0n) is 27.0. The molecule has 0 aliphatic heterocycles. The van der Waals surface area contributed by atoms with Crippen molar-refractivity contribution in [3.63, 3.8) is 0 Å². The molecule has 2 aliphatic rings. The molecular weight excluding hydrogens is 469 g/mol. The van der Waals surface area contributed by atoms with E-state index in [4.69, 9.17) is 9.90 Å². The van der Waals surface area contributed by atoms with Gasteiger partial charge in [0.25, 0.3) is 0 Å². The molecule has 3 heteroatoms. The van der Waals surface area contributed by atoms with Gasteiger partial charge in [0.05, 0.1) is 11.1 Å². The molecule has 2 nitrogen and oxygen atoms in total. The average Bonchev–Trinajstić information content (AvgIpc) is 3.34. The van der Waals surface area contributed by atoms with E-state index in [-0.39, 0.29) is 29.5 Å². The number of hydrogen-bond donors (Lipinski definition) is 0. The van der Waals surface area contributed by atoms with E-state index in [2.05, 4.69) is 0 Å². The van der Waals surface area contributed by atoms with Crippen LogP contribution in [0.1, 0.15) is 79.9 Å². The molecule has 1 saturated carbocycles. The number of benzene rings is 3. The maximum Gasteiger partial charge on any atom is 0.216 e. The minimum Gasteiger partial charge on any atom is -0.454 e. The van der Waals surface area contributed by atoms with Gasteiger partial charge < -0.3 is 4.42 Å². The molecule has 0 spiro atoms. The van der Waals surface area contributed by atoms with Gasteiger partial charge in [-0.1, -0.05) is 43.5 Å². The van der Waals surface area contributed by atoms with Crippen LogP contribution in [0, 0.1) is 12.7 Å². The number of halogens is 1. The zero-order chi connectivity index (χ0) is 30.3. The highest BCUT2D eigenvalue weighted by Gasteiger charge is 2.27. The van der Waals surface area contributed by atoms with Gasteiger partial charge in [-0.15, -0.1) is 0 Å². The number of furan rings is 1. The smallest absolute Gasteiger partial charge is 0.216 e. The first-order valence-corrected chi connectivity index (χ1v) is 13.7. The Morgan fingerprint density at radius 2 is 1.58 bits per heavy atom. The summed E-state index contributed by atoms with van der Waals surface area (Å²) in [7, 11) is 1.97. The van der Waals surface area contributed by atoms with Gasteiger partial charge in [-0.25, -0.2) is 8.96 Å². The van der Waals surface area contributed by atoms with E-state index in [1.807, 2.05) is 55.1 Å². The SMILES string of the molecule is [2H]C1([2H])CCC([2H])([2H])c2c(C3([2H])CCCCC3)ccc(-c3c(F)ccc4c3oc3c(-c5cccc[n+]5C)c(C)ccc34)c21. The molecule has 0 radical (unpaired) electrons. The number of aryl methyl sites for hydroxylation is 2. The zero-order valence-corrected chi connectivity index (χ0v) is 22.0. The third kappa shape index (κ3) is 3.70. The number of aromatic nitrogens is 1. The molecule has 2 aromatic heterocycles. The lowest BCUT2D eigenvalue weighted by molar-refractivity contribution is -0.660. The van der Waals surface area contributed by atoms with Crippen molar-refractivity contribution in [3.05, 3.63) is 88.9 Å². The van der Waals surface area contributed by atoms with Crippen LogP contribution in [-0.4, -0.2) is 0 Å². The molecule has 1 fully saturated rings. The molecule has 3 aromatic carbocycles. The molecule has 0 amide bonds. The van der Waals surface area contributed by atoms with Crippen molar-refractivity contribution in [1.82, 2.24) is 0 Å². The van der Waals surface area contributed by atoms with Gasteiger partial charge in [0, 0.05) is 29.8 Å². The lowest BCUT2D eigenvalue weighted by atomic mass is 9.76. The van der Waals surface area contributed by atoms with Crippen LogP contribution in [-0.2, 0) is 19.8 Å². The second kappa shape index (κ2) is 9.38. The summed E-state index contributed by atoms with van der Waals surface area (Å²) in [5.41, 5.74) is 5.19. The van der Waals surface area contributed by atoms with Crippen molar-refractivity contribution in [2.24, 2.45) is 7.05 Å². The molecular formula is C35H35FNO+. The van der Waals surface area contributed by atoms with E-state index >= 15 is 4.39 Å². The number of pyridine rings is 1. The lowest BCUT2D eigenvalue weighted by Crippen LogP contribution is -2.30. The Hall–Kier alpha value is -3.46. The predicted octanol–water partition coefficient (Wildman–Crippen LogP) is 9.12. The quantitative estimate of drug-likeness (QED) is 0.222. The van der Waals surface area contributed by atoms with E-state index < -0.39 is 24.5 Å². The first-order valence-electron chi connectivity index (χ1n) is 16.2. The average molecular weight is 510 g/mol. The van der Waals surface area contributed by atoms with Gasteiger partial charge in [0.2, 0.25) is 5.69 Å². The molecule has 0 unspecified atom stereocenters. The third-order valence-corrected chi connectivity index (χ3v) is 8.32. The molecule has 2 heterocycles. The summed E-state index contributed by atoms with van der Waals surface area (Å²) in [6.45, 7) is 2.02. The molecule has 7 rings (SSSR count). The van der Waals surface area contributed by atoms with Crippen LogP contribution in [0.15, 0.2) is 65.2 Å². The second-order valence-electron chi connectivity index (χ2n) is 10.7. The van der Waals surface area contributed by atoms with E-state index in [0.29, 0.717) is 40.5 Å². The van der Waals surface area contributed by atoms with Gasteiger partial charge in [-0.05, 0) is 97.3 Å². The van der Waals surface area contributed by atoms with Crippen LogP contribution in [0.4, 0.5) is 4.39 Å². The van der Waals surface area contributed by atoms with Crippen molar-refractivity contribution in [1.29, 1.82) is 0 Å². The minimum atomic E-state index is -1.91. The third-order valence-electron chi connectivity index (χ3n) is 8.32. The maximum absolute atomic E-state index is 16.1. The Morgan fingerprint density at radius 1 is 0.842 bits per heavy atom. The summed E-state index contributed by atoms with van der Waals surface area (Å²) in [6.07, 6.45) is 2.20. The lowest BCUT2D eigenvalue weighted by Gasteiger charge is -2.29. The molecule has 38 heavy (non-hydrogen) atoms. The molecule has 0 bridgehead atoms. The first kappa shape index (κ1) is 18.7. The van der Waals surface area contributed by atoms with Gasteiger partial charge in [-0.3, -0.25) is 0 Å². The largest absolute Gasteiger partial charge is 0.454 e. The molecule has 2 aliphatic carbocycles. The summed E-state index contributed by atoms with van der Waals surface area (Å²) in [6, 6.07) is 16.5. The standard InChI is InChI=1S/C35H35FNO/c1-22-15-16-28-29-19-20-30(36)33(35(29)38-34(28)32(22)31-14-8-9-21-37(31)2)27-18-17-24(23-10-4-3-5-11-23)25-12-6-7-13-26(25)27/h8-9,14-21,23H,3-7,10-13H2,1-2H3/q+1/i12D2,13D2,23D. The van der Waals surface area contributed by atoms with E-state index in [0.717, 1.165) is 41.5 Å². The van der Waals surface area contributed by atoms with Crippen LogP contribution in [0.2, 0.25) is 0 Å². The Bertz CT molecular complexity index is 1920. The van der Waals surface area contributed by atoms with Crippen LogP contribution in [0.3, 0.4) is 0 Å². The van der Waals surface area contributed by atoms with Crippen molar-refractivity contribution in [2.45, 2.75) is 70.5 Å². The van der Waals surface area contributed by atoms with Crippen molar-refractivity contribution >= 4 is 21.9 Å². The van der Waals surface area contributed by atoms with E-state index in [9.17, 15) is 1.37 Å². The fraction of sp³-hybridized carbons (Fsp3) is 0.343. The number of hydrogen-bond acceptors (Lipinski definition) is 1. The molecule has 0 atom stereocenters. The Kier molecular flexibility index (Phi) is 4.62.